The zero-order valence-electron chi connectivity index (χ0n) is 14.3. The molecule has 2 aliphatic rings. The molecule has 6 nitrogen and oxygen atoms in total. The molecule has 3 heterocycles. The van der Waals surface area contributed by atoms with E-state index in [1.165, 1.54) is 0 Å². The van der Waals surface area contributed by atoms with Crippen molar-refractivity contribution in [1.82, 2.24) is 19.4 Å². The number of imidazole rings is 1. The normalized spacial score (nSPS) is 25.0. The van der Waals surface area contributed by atoms with Crippen molar-refractivity contribution >= 4 is 16.9 Å². The molecule has 0 saturated carbocycles. The first-order valence-corrected chi connectivity index (χ1v) is 8.73. The van der Waals surface area contributed by atoms with Gasteiger partial charge in [0.05, 0.1) is 36.1 Å². The van der Waals surface area contributed by atoms with Crippen molar-refractivity contribution < 1.29 is 9.53 Å². The van der Waals surface area contributed by atoms with E-state index in [1.54, 1.807) is 6.33 Å². The van der Waals surface area contributed by atoms with Crippen LogP contribution in [0.5, 0.6) is 0 Å². The highest BCUT2D eigenvalue weighted by Gasteiger charge is 2.39. The van der Waals surface area contributed by atoms with Gasteiger partial charge in [0.1, 0.15) is 0 Å². The smallest absolute Gasteiger partial charge is 0.254 e. The van der Waals surface area contributed by atoms with Crippen LogP contribution in [0.1, 0.15) is 23.7 Å². The van der Waals surface area contributed by atoms with Gasteiger partial charge >= 0.3 is 0 Å². The van der Waals surface area contributed by atoms with Crippen LogP contribution in [0.4, 0.5) is 0 Å². The Labute approximate surface area is 142 Å². The Morgan fingerprint density at radius 2 is 2.25 bits per heavy atom. The number of amides is 1. The fourth-order valence-electron chi connectivity index (χ4n) is 3.91. The van der Waals surface area contributed by atoms with Gasteiger partial charge in [0.2, 0.25) is 0 Å². The maximum Gasteiger partial charge on any atom is 0.254 e. The molecule has 0 radical (unpaired) electrons. The molecule has 6 heteroatoms. The number of aromatic nitrogens is 2. The quantitative estimate of drug-likeness (QED) is 0.838. The molecule has 0 bridgehead atoms. The molecule has 4 rings (SSSR count). The monoisotopic (exact) mass is 328 g/mol. The summed E-state index contributed by atoms with van der Waals surface area (Å²) >= 11 is 0. The van der Waals surface area contributed by atoms with Crippen molar-refractivity contribution in [2.45, 2.75) is 25.5 Å². The predicted octanol–water partition coefficient (Wildman–Crippen LogP) is 1.51. The molecule has 0 N–H and O–H groups in total. The highest BCUT2D eigenvalue weighted by molar-refractivity contribution is 5.97. The van der Waals surface area contributed by atoms with Crippen LogP contribution >= 0.6 is 0 Å². The lowest BCUT2D eigenvalue weighted by molar-refractivity contribution is -0.0896. The van der Waals surface area contributed by atoms with Gasteiger partial charge in [-0.2, -0.15) is 0 Å². The molecule has 2 aliphatic heterocycles. The second kappa shape index (κ2) is 6.18. The van der Waals surface area contributed by atoms with E-state index in [0.29, 0.717) is 13.2 Å². The second-order valence-electron chi connectivity index (χ2n) is 6.72. The van der Waals surface area contributed by atoms with Crippen LogP contribution in [-0.4, -0.2) is 70.2 Å². The molecular weight excluding hydrogens is 304 g/mol. The van der Waals surface area contributed by atoms with E-state index < -0.39 is 0 Å². The average Bonchev–Trinajstić information content (AvgIpc) is 3.00. The zero-order chi connectivity index (χ0) is 16.7. The third-order valence-corrected chi connectivity index (χ3v) is 5.35. The van der Waals surface area contributed by atoms with Gasteiger partial charge in [0.25, 0.3) is 5.91 Å². The minimum absolute atomic E-state index is 0.0961. The highest BCUT2D eigenvalue weighted by atomic mass is 16.5. The lowest BCUT2D eigenvalue weighted by atomic mass is 9.97. The van der Waals surface area contributed by atoms with Gasteiger partial charge in [-0.1, -0.05) is 6.92 Å². The first-order valence-electron chi connectivity index (χ1n) is 8.73. The first kappa shape index (κ1) is 15.6. The van der Waals surface area contributed by atoms with E-state index in [1.807, 2.05) is 34.7 Å². The van der Waals surface area contributed by atoms with E-state index in [0.717, 1.165) is 42.7 Å². The molecule has 1 amide bonds. The Morgan fingerprint density at radius 3 is 3.08 bits per heavy atom. The minimum Gasteiger partial charge on any atom is -0.374 e. The molecule has 0 unspecified atom stereocenters. The van der Waals surface area contributed by atoms with E-state index in [4.69, 9.17) is 4.74 Å². The van der Waals surface area contributed by atoms with Crippen molar-refractivity contribution in [3.8, 4) is 0 Å². The summed E-state index contributed by atoms with van der Waals surface area (Å²) in [4.78, 5) is 21.9. The molecule has 0 spiro atoms. The second-order valence-corrected chi connectivity index (χ2v) is 6.72. The summed E-state index contributed by atoms with van der Waals surface area (Å²) in [6.07, 6.45) is 2.95. The molecule has 2 atom stereocenters. The summed E-state index contributed by atoms with van der Waals surface area (Å²) in [7, 11) is 1.96. The van der Waals surface area contributed by atoms with Crippen LogP contribution in [0.2, 0.25) is 0 Å². The van der Waals surface area contributed by atoms with Crippen LogP contribution in [0.3, 0.4) is 0 Å². The topological polar surface area (TPSA) is 50.6 Å². The molecule has 0 aliphatic carbocycles. The number of aryl methyl sites for hydroxylation is 1. The number of ether oxygens (including phenoxy) is 1. The number of carbonyl (C=O) groups excluding carboxylic acids is 1. The third kappa shape index (κ3) is 2.59. The van der Waals surface area contributed by atoms with Gasteiger partial charge < -0.3 is 19.1 Å². The summed E-state index contributed by atoms with van der Waals surface area (Å²) in [5, 5.41) is 0. The van der Waals surface area contributed by atoms with Crippen LogP contribution in [0.25, 0.3) is 11.0 Å². The van der Waals surface area contributed by atoms with Crippen molar-refractivity contribution in [3.05, 3.63) is 30.1 Å². The number of benzene rings is 1. The largest absolute Gasteiger partial charge is 0.374 e. The van der Waals surface area contributed by atoms with E-state index >= 15 is 0 Å². The van der Waals surface area contributed by atoms with Gasteiger partial charge in [0, 0.05) is 32.2 Å². The Hall–Kier alpha value is -1.92. The van der Waals surface area contributed by atoms with Crippen LogP contribution < -0.4 is 0 Å². The van der Waals surface area contributed by atoms with Gasteiger partial charge in [-0.05, 0) is 31.2 Å². The summed E-state index contributed by atoms with van der Waals surface area (Å²) in [5.74, 6) is 0.0961. The number of hydrogen-bond donors (Lipinski definition) is 0. The summed E-state index contributed by atoms with van der Waals surface area (Å²) < 4.78 is 7.90. The molecule has 2 aromatic rings. The molecule has 1 aromatic heterocycles. The van der Waals surface area contributed by atoms with Gasteiger partial charge in [-0.25, -0.2) is 4.98 Å². The van der Waals surface area contributed by atoms with Gasteiger partial charge in [0.15, 0.2) is 0 Å². The maximum atomic E-state index is 13.1. The fraction of sp³-hybridized carbons (Fsp3) is 0.556. The lowest BCUT2D eigenvalue weighted by Crippen LogP contribution is -2.61. The van der Waals surface area contributed by atoms with Crippen LogP contribution in [-0.2, 0) is 11.8 Å². The van der Waals surface area contributed by atoms with Crippen molar-refractivity contribution in [2.75, 3.05) is 32.8 Å². The summed E-state index contributed by atoms with van der Waals surface area (Å²) in [6, 6.07) is 5.95. The van der Waals surface area contributed by atoms with Crippen molar-refractivity contribution in [3.63, 3.8) is 0 Å². The Bertz CT molecular complexity index is 757. The van der Waals surface area contributed by atoms with Crippen LogP contribution in [0, 0.1) is 0 Å². The zero-order valence-corrected chi connectivity index (χ0v) is 14.3. The Morgan fingerprint density at radius 1 is 1.38 bits per heavy atom. The molecule has 2 saturated heterocycles. The maximum absolute atomic E-state index is 13.1. The van der Waals surface area contributed by atoms with Gasteiger partial charge in [-0.3, -0.25) is 4.79 Å². The molecule has 2 fully saturated rings. The van der Waals surface area contributed by atoms with E-state index in [-0.39, 0.29) is 18.1 Å². The van der Waals surface area contributed by atoms with Crippen LogP contribution in [0.15, 0.2) is 24.5 Å². The Balaban J connectivity index is 1.61. The standard InChI is InChI=1S/C18H24N4O2/c1-3-21-7-6-17-16(11-21)22(8-9-24-17)18(23)13-4-5-15-14(10-13)19-12-20(15)2/h4-5,10,12,16-17H,3,6-9,11H2,1-2H3/t16-,17+/m0/s1. The van der Waals surface area contributed by atoms with E-state index in [9.17, 15) is 4.79 Å². The molecular formula is C18H24N4O2. The van der Waals surface area contributed by atoms with Gasteiger partial charge in [-0.15, -0.1) is 0 Å². The predicted molar refractivity (Wildman–Crippen MR) is 92.0 cm³/mol. The fourth-order valence-corrected chi connectivity index (χ4v) is 3.91. The average molecular weight is 328 g/mol. The summed E-state index contributed by atoms with van der Waals surface area (Å²) in [5.41, 5.74) is 2.63. The molecule has 128 valence electrons. The number of morpholine rings is 1. The van der Waals surface area contributed by atoms with Crippen molar-refractivity contribution in [1.29, 1.82) is 0 Å². The number of carbonyl (C=O) groups is 1. The number of piperidine rings is 1. The van der Waals surface area contributed by atoms with E-state index in [2.05, 4.69) is 16.8 Å². The number of likely N-dealkylation sites (tertiary alicyclic amines) is 1. The number of fused-ring (bicyclic) bond motifs is 2. The van der Waals surface area contributed by atoms with Crippen molar-refractivity contribution in [2.24, 2.45) is 7.05 Å². The number of nitrogens with zero attached hydrogens (tertiary/aromatic N) is 4. The molecule has 1 aromatic carbocycles. The molecule has 24 heavy (non-hydrogen) atoms. The number of hydrogen-bond acceptors (Lipinski definition) is 4. The third-order valence-electron chi connectivity index (χ3n) is 5.35. The summed E-state index contributed by atoms with van der Waals surface area (Å²) in [6.45, 7) is 6.44. The Kier molecular flexibility index (Phi) is 4.02. The SMILES string of the molecule is CCN1CC[C@H]2OCCN(C(=O)c3ccc4c(c3)ncn4C)[C@H]2C1. The number of likely N-dealkylation sites (N-methyl/N-ethyl adjacent to an activating group) is 1. The lowest BCUT2D eigenvalue weighted by Gasteiger charge is -2.46. The number of rotatable bonds is 2. The minimum atomic E-state index is 0.0961. The highest BCUT2D eigenvalue weighted by Crippen LogP contribution is 2.25. The first-order chi connectivity index (χ1) is 11.7.